The average molecular weight is 320 g/mol. The van der Waals surface area contributed by atoms with Gasteiger partial charge < -0.3 is 11.1 Å². The van der Waals surface area contributed by atoms with Crippen LogP contribution in [0.1, 0.15) is 20.3 Å². The second-order valence-corrected chi connectivity index (χ2v) is 6.65. The maximum Gasteiger partial charge on any atom is 0.341 e. The van der Waals surface area contributed by atoms with Crippen LogP contribution < -0.4 is 11.1 Å². The summed E-state index contributed by atoms with van der Waals surface area (Å²) in [6.07, 6.45) is 0.703. The number of halogens is 2. The zero-order valence-corrected chi connectivity index (χ0v) is 12.5. The standard InChI is InChI=1S/C13H18F2N2O3S/c1-3-8(2)11(16)12(18)17-9-5-4-6-10(7-9)21(19,20)13(14)15/h4-8,11,13H,3,16H2,1-2H3,(H,17,18). The third-order valence-electron chi connectivity index (χ3n) is 3.22. The highest BCUT2D eigenvalue weighted by Gasteiger charge is 2.27. The van der Waals surface area contributed by atoms with Gasteiger partial charge in [-0.25, -0.2) is 8.42 Å². The smallest absolute Gasteiger partial charge is 0.325 e. The van der Waals surface area contributed by atoms with Gasteiger partial charge in [0, 0.05) is 5.69 Å². The first-order chi connectivity index (χ1) is 9.70. The number of nitrogens with one attached hydrogen (secondary N) is 1. The van der Waals surface area contributed by atoms with Crippen LogP contribution in [-0.2, 0) is 14.6 Å². The van der Waals surface area contributed by atoms with Gasteiger partial charge in [0.2, 0.25) is 15.7 Å². The van der Waals surface area contributed by atoms with Gasteiger partial charge in [-0.05, 0) is 24.1 Å². The van der Waals surface area contributed by atoms with Gasteiger partial charge in [0.25, 0.3) is 0 Å². The van der Waals surface area contributed by atoms with Crippen molar-refractivity contribution in [1.82, 2.24) is 0 Å². The maximum atomic E-state index is 12.5. The normalized spacial score (nSPS) is 14.8. The minimum Gasteiger partial charge on any atom is -0.325 e. The van der Waals surface area contributed by atoms with Gasteiger partial charge in [-0.1, -0.05) is 26.3 Å². The number of sulfone groups is 1. The molecule has 0 spiro atoms. The molecule has 0 aliphatic rings. The highest BCUT2D eigenvalue weighted by molar-refractivity contribution is 7.91. The molecule has 21 heavy (non-hydrogen) atoms. The Bertz CT molecular complexity index is 605. The van der Waals surface area contributed by atoms with E-state index in [1.807, 2.05) is 13.8 Å². The largest absolute Gasteiger partial charge is 0.341 e. The van der Waals surface area contributed by atoms with Crippen LogP contribution in [0.4, 0.5) is 14.5 Å². The number of benzene rings is 1. The molecule has 1 amide bonds. The van der Waals surface area contributed by atoms with E-state index in [0.29, 0.717) is 6.42 Å². The fourth-order valence-corrected chi connectivity index (χ4v) is 2.36. The Morgan fingerprint density at radius 3 is 2.52 bits per heavy atom. The molecular weight excluding hydrogens is 302 g/mol. The minimum absolute atomic E-state index is 0.0574. The molecule has 5 nitrogen and oxygen atoms in total. The quantitative estimate of drug-likeness (QED) is 0.839. The molecule has 2 atom stereocenters. The van der Waals surface area contributed by atoms with Crippen LogP contribution in [0.15, 0.2) is 29.2 Å². The molecule has 118 valence electrons. The van der Waals surface area contributed by atoms with Crippen molar-refractivity contribution >= 4 is 21.4 Å². The number of hydrogen-bond donors (Lipinski definition) is 2. The van der Waals surface area contributed by atoms with E-state index >= 15 is 0 Å². The van der Waals surface area contributed by atoms with E-state index < -0.39 is 32.4 Å². The first kappa shape index (κ1) is 17.5. The van der Waals surface area contributed by atoms with Crippen LogP contribution in [0.2, 0.25) is 0 Å². The van der Waals surface area contributed by atoms with Crippen molar-refractivity contribution in [3.8, 4) is 0 Å². The lowest BCUT2D eigenvalue weighted by Gasteiger charge is -2.18. The van der Waals surface area contributed by atoms with E-state index in [9.17, 15) is 22.0 Å². The predicted octanol–water partition coefficient (Wildman–Crippen LogP) is 1.99. The van der Waals surface area contributed by atoms with E-state index in [1.165, 1.54) is 12.1 Å². The van der Waals surface area contributed by atoms with Crippen LogP contribution >= 0.6 is 0 Å². The molecule has 0 radical (unpaired) electrons. The maximum absolute atomic E-state index is 12.5. The van der Waals surface area contributed by atoms with E-state index in [0.717, 1.165) is 12.1 Å². The van der Waals surface area contributed by atoms with Crippen molar-refractivity contribution < 1.29 is 22.0 Å². The fraction of sp³-hybridized carbons (Fsp3) is 0.462. The van der Waals surface area contributed by atoms with Crippen molar-refractivity contribution in [2.75, 3.05) is 5.32 Å². The number of carbonyl (C=O) groups is 1. The number of nitrogens with two attached hydrogens (primary N) is 1. The van der Waals surface area contributed by atoms with E-state index in [2.05, 4.69) is 5.32 Å². The Morgan fingerprint density at radius 2 is 2.00 bits per heavy atom. The van der Waals surface area contributed by atoms with E-state index in [-0.39, 0.29) is 11.6 Å². The molecule has 2 unspecified atom stereocenters. The molecule has 3 N–H and O–H groups in total. The first-order valence-corrected chi connectivity index (χ1v) is 7.93. The molecule has 0 heterocycles. The third kappa shape index (κ3) is 4.21. The molecule has 0 saturated carbocycles. The SMILES string of the molecule is CCC(C)C(N)C(=O)Nc1cccc(S(=O)(=O)C(F)F)c1. The summed E-state index contributed by atoms with van der Waals surface area (Å²) in [7, 11) is -4.69. The Balaban J connectivity index is 2.95. The molecule has 1 aromatic carbocycles. The molecular formula is C13H18F2N2O3S. The zero-order valence-electron chi connectivity index (χ0n) is 11.7. The molecule has 0 aliphatic carbocycles. The second kappa shape index (κ2) is 6.95. The van der Waals surface area contributed by atoms with Gasteiger partial charge in [0.05, 0.1) is 10.9 Å². The number of amides is 1. The van der Waals surface area contributed by atoms with E-state index in [4.69, 9.17) is 5.73 Å². The van der Waals surface area contributed by atoms with Gasteiger partial charge in [-0.2, -0.15) is 8.78 Å². The molecule has 0 saturated heterocycles. The van der Waals surface area contributed by atoms with Crippen molar-refractivity contribution in [2.24, 2.45) is 11.7 Å². The monoisotopic (exact) mass is 320 g/mol. The summed E-state index contributed by atoms with van der Waals surface area (Å²) in [4.78, 5) is 11.3. The Hall–Kier alpha value is -1.54. The van der Waals surface area contributed by atoms with Gasteiger partial charge >= 0.3 is 5.76 Å². The highest BCUT2D eigenvalue weighted by atomic mass is 32.2. The Labute approximate surface area is 122 Å². The van der Waals surface area contributed by atoms with Crippen LogP contribution in [0.5, 0.6) is 0 Å². The summed E-state index contributed by atoms with van der Waals surface area (Å²) in [5.74, 6) is -4.06. The lowest BCUT2D eigenvalue weighted by molar-refractivity contribution is -0.118. The molecule has 0 aliphatic heterocycles. The number of carbonyl (C=O) groups excluding carboxylic acids is 1. The summed E-state index contributed by atoms with van der Waals surface area (Å²) in [5, 5.41) is 2.44. The van der Waals surface area contributed by atoms with Gasteiger partial charge in [-0.3, -0.25) is 4.79 Å². The Morgan fingerprint density at radius 1 is 1.38 bits per heavy atom. The first-order valence-electron chi connectivity index (χ1n) is 6.38. The van der Waals surface area contributed by atoms with Gasteiger partial charge in [0.1, 0.15) is 0 Å². The van der Waals surface area contributed by atoms with Gasteiger partial charge in [0.15, 0.2) is 0 Å². The minimum atomic E-state index is -4.69. The molecule has 1 rings (SSSR count). The van der Waals surface area contributed by atoms with Crippen molar-refractivity contribution in [3.63, 3.8) is 0 Å². The number of rotatable bonds is 6. The number of hydrogen-bond acceptors (Lipinski definition) is 4. The van der Waals surface area contributed by atoms with E-state index in [1.54, 1.807) is 0 Å². The summed E-state index contributed by atoms with van der Waals surface area (Å²) >= 11 is 0. The molecule has 1 aromatic rings. The number of anilines is 1. The van der Waals surface area contributed by atoms with Crippen LogP contribution in [0.3, 0.4) is 0 Å². The van der Waals surface area contributed by atoms with Gasteiger partial charge in [-0.15, -0.1) is 0 Å². The third-order valence-corrected chi connectivity index (χ3v) is 4.60. The Kier molecular flexibility index (Phi) is 5.79. The lowest BCUT2D eigenvalue weighted by atomic mass is 9.99. The number of alkyl halides is 2. The van der Waals surface area contributed by atoms with Crippen molar-refractivity contribution in [1.29, 1.82) is 0 Å². The summed E-state index contributed by atoms with van der Waals surface area (Å²) in [6.45, 7) is 3.69. The topological polar surface area (TPSA) is 89.3 Å². The second-order valence-electron chi connectivity index (χ2n) is 4.73. The average Bonchev–Trinajstić information content (AvgIpc) is 2.45. The molecule has 8 heteroatoms. The predicted molar refractivity (Wildman–Crippen MR) is 75.7 cm³/mol. The van der Waals surface area contributed by atoms with Crippen molar-refractivity contribution in [2.45, 2.75) is 37.0 Å². The molecule has 0 aromatic heterocycles. The summed E-state index contributed by atoms with van der Waals surface area (Å²) in [5.41, 5.74) is 5.85. The van der Waals surface area contributed by atoms with Crippen molar-refractivity contribution in [3.05, 3.63) is 24.3 Å². The lowest BCUT2D eigenvalue weighted by Crippen LogP contribution is -2.40. The highest BCUT2D eigenvalue weighted by Crippen LogP contribution is 2.21. The van der Waals surface area contributed by atoms with Crippen LogP contribution in [0.25, 0.3) is 0 Å². The van der Waals surface area contributed by atoms with Crippen LogP contribution in [-0.4, -0.2) is 26.1 Å². The molecule has 0 bridgehead atoms. The zero-order chi connectivity index (χ0) is 16.2. The van der Waals surface area contributed by atoms with Crippen LogP contribution in [0, 0.1) is 5.92 Å². The fourth-order valence-electron chi connectivity index (χ4n) is 1.59. The summed E-state index contributed by atoms with van der Waals surface area (Å²) in [6, 6.07) is 3.96. The molecule has 0 fully saturated rings. The summed E-state index contributed by atoms with van der Waals surface area (Å²) < 4.78 is 47.7.